The van der Waals surface area contributed by atoms with Crippen molar-refractivity contribution in [3.8, 4) is 11.8 Å². The number of benzene rings is 2. The van der Waals surface area contributed by atoms with Crippen LogP contribution in [0.2, 0.25) is 5.02 Å². The van der Waals surface area contributed by atoms with Gasteiger partial charge in [0, 0.05) is 23.5 Å². The molecule has 3 N–H and O–H groups in total. The summed E-state index contributed by atoms with van der Waals surface area (Å²) in [6.07, 6.45) is 0. The first kappa shape index (κ1) is 14.0. The summed E-state index contributed by atoms with van der Waals surface area (Å²) >= 11 is 6.12. The molecule has 0 aliphatic carbocycles. The number of hydrogen-bond acceptors (Lipinski definition) is 4. The molecule has 2 aromatic carbocycles. The van der Waals surface area contributed by atoms with Gasteiger partial charge < -0.3 is 15.8 Å². The fourth-order valence-corrected chi connectivity index (χ4v) is 2.01. The molecular weight excluding hydrogens is 274 g/mol. The Balaban J connectivity index is 2.28. The van der Waals surface area contributed by atoms with E-state index in [1.807, 2.05) is 19.1 Å². The predicted molar refractivity (Wildman–Crippen MR) is 81.5 cm³/mol. The van der Waals surface area contributed by atoms with Crippen molar-refractivity contribution in [1.82, 2.24) is 0 Å². The van der Waals surface area contributed by atoms with Gasteiger partial charge in [-0.2, -0.15) is 5.26 Å². The van der Waals surface area contributed by atoms with Crippen LogP contribution in [-0.2, 0) is 0 Å². The predicted octanol–water partition coefficient (Wildman–Crippen LogP) is 3.94. The SMILES string of the molecule is CCOc1cc(N)cc(Nc2ccc(C#N)cc2Cl)c1. The van der Waals surface area contributed by atoms with Gasteiger partial charge in [0.2, 0.25) is 0 Å². The van der Waals surface area contributed by atoms with Gasteiger partial charge in [0.1, 0.15) is 5.75 Å². The first-order valence-corrected chi connectivity index (χ1v) is 6.50. The minimum atomic E-state index is 0.476. The van der Waals surface area contributed by atoms with Crippen LogP contribution in [-0.4, -0.2) is 6.61 Å². The van der Waals surface area contributed by atoms with E-state index in [2.05, 4.69) is 5.32 Å². The van der Waals surface area contributed by atoms with Crippen molar-refractivity contribution >= 4 is 28.7 Å². The van der Waals surface area contributed by atoms with Crippen LogP contribution in [0.4, 0.5) is 17.1 Å². The highest BCUT2D eigenvalue weighted by Crippen LogP contribution is 2.29. The molecule has 0 fully saturated rings. The maximum Gasteiger partial charge on any atom is 0.123 e. The van der Waals surface area contributed by atoms with E-state index in [1.165, 1.54) is 0 Å². The normalized spacial score (nSPS) is 9.85. The molecule has 5 heteroatoms. The molecule has 0 aromatic heterocycles. The molecule has 0 spiro atoms. The van der Waals surface area contributed by atoms with E-state index in [9.17, 15) is 0 Å². The number of nitrogens with zero attached hydrogens (tertiary/aromatic N) is 1. The van der Waals surface area contributed by atoms with Crippen molar-refractivity contribution in [3.63, 3.8) is 0 Å². The summed E-state index contributed by atoms with van der Waals surface area (Å²) in [7, 11) is 0. The Morgan fingerprint density at radius 1 is 1.30 bits per heavy atom. The minimum Gasteiger partial charge on any atom is -0.494 e. The summed E-state index contributed by atoms with van der Waals surface area (Å²) in [5.41, 5.74) is 8.43. The van der Waals surface area contributed by atoms with Gasteiger partial charge in [-0.1, -0.05) is 11.6 Å². The molecule has 0 bridgehead atoms. The van der Waals surface area contributed by atoms with Crippen molar-refractivity contribution in [2.24, 2.45) is 0 Å². The van der Waals surface area contributed by atoms with Gasteiger partial charge >= 0.3 is 0 Å². The van der Waals surface area contributed by atoms with E-state index >= 15 is 0 Å². The minimum absolute atomic E-state index is 0.476. The third-order valence-electron chi connectivity index (χ3n) is 2.62. The third-order valence-corrected chi connectivity index (χ3v) is 2.93. The molecule has 0 unspecified atom stereocenters. The lowest BCUT2D eigenvalue weighted by Gasteiger charge is -2.11. The third kappa shape index (κ3) is 3.34. The van der Waals surface area contributed by atoms with Gasteiger partial charge in [0.25, 0.3) is 0 Å². The van der Waals surface area contributed by atoms with E-state index in [4.69, 9.17) is 27.3 Å². The number of nitriles is 1. The van der Waals surface area contributed by atoms with Crippen LogP contribution in [0, 0.1) is 11.3 Å². The molecule has 0 aliphatic heterocycles. The van der Waals surface area contributed by atoms with Gasteiger partial charge in [-0.3, -0.25) is 0 Å². The maximum absolute atomic E-state index is 8.81. The van der Waals surface area contributed by atoms with Crippen LogP contribution < -0.4 is 15.8 Å². The summed E-state index contributed by atoms with van der Waals surface area (Å²) in [5.74, 6) is 0.694. The monoisotopic (exact) mass is 287 g/mol. The molecule has 0 heterocycles. The number of nitrogen functional groups attached to an aromatic ring is 1. The Labute approximate surface area is 122 Å². The number of rotatable bonds is 4. The standard InChI is InChI=1S/C15H14ClN3O/c1-2-20-13-7-11(18)6-12(8-13)19-15-4-3-10(9-17)5-14(15)16/h3-8,19H,2,18H2,1H3. The fourth-order valence-electron chi connectivity index (χ4n) is 1.79. The fraction of sp³-hybridized carbons (Fsp3) is 0.133. The molecular formula is C15H14ClN3O. The summed E-state index contributed by atoms with van der Waals surface area (Å²) in [6.45, 7) is 2.48. The highest BCUT2D eigenvalue weighted by molar-refractivity contribution is 6.33. The van der Waals surface area contributed by atoms with Crippen LogP contribution >= 0.6 is 11.6 Å². The molecule has 0 atom stereocenters. The van der Waals surface area contributed by atoms with Crippen molar-refractivity contribution in [1.29, 1.82) is 5.26 Å². The average molecular weight is 288 g/mol. The van der Waals surface area contributed by atoms with E-state index in [1.54, 1.807) is 30.3 Å². The van der Waals surface area contributed by atoms with Gasteiger partial charge in [-0.25, -0.2) is 0 Å². The smallest absolute Gasteiger partial charge is 0.123 e. The largest absolute Gasteiger partial charge is 0.494 e. The van der Waals surface area contributed by atoms with Crippen LogP contribution in [0.15, 0.2) is 36.4 Å². The second-order valence-corrected chi connectivity index (χ2v) is 4.56. The van der Waals surface area contributed by atoms with Crippen molar-refractivity contribution in [2.45, 2.75) is 6.92 Å². The molecule has 2 rings (SSSR count). The first-order chi connectivity index (χ1) is 9.62. The van der Waals surface area contributed by atoms with Gasteiger partial charge in [0.05, 0.1) is 28.9 Å². The zero-order valence-corrected chi connectivity index (χ0v) is 11.7. The molecule has 0 aliphatic rings. The van der Waals surface area contributed by atoms with Crippen LogP contribution in [0.3, 0.4) is 0 Å². The second-order valence-electron chi connectivity index (χ2n) is 4.16. The molecule has 0 saturated heterocycles. The second kappa shape index (κ2) is 6.18. The Hall–Kier alpha value is -2.38. The van der Waals surface area contributed by atoms with Gasteiger partial charge in [-0.15, -0.1) is 0 Å². The first-order valence-electron chi connectivity index (χ1n) is 6.12. The molecule has 0 radical (unpaired) electrons. The summed E-state index contributed by atoms with van der Waals surface area (Å²) in [4.78, 5) is 0. The summed E-state index contributed by atoms with van der Waals surface area (Å²) < 4.78 is 5.44. The van der Waals surface area contributed by atoms with E-state index in [-0.39, 0.29) is 0 Å². The zero-order chi connectivity index (χ0) is 14.5. The lowest BCUT2D eigenvalue weighted by atomic mass is 10.2. The number of nitrogens with two attached hydrogens (primary N) is 1. The Morgan fingerprint density at radius 2 is 2.10 bits per heavy atom. The topological polar surface area (TPSA) is 71.1 Å². The molecule has 2 aromatic rings. The quantitative estimate of drug-likeness (QED) is 0.836. The lowest BCUT2D eigenvalue weighted by Crippen LogP contribution is -1.97. The molecule has 4 nitrogen and oxygen atoms in total. The lowest BCUT2D eigenvalue weighted by molar-refractivity contribution is 0.340. The van der Waals surface area contributed by atoms with Gasteiger partial charge in [0.15, 0.2) is 0 Å². The van der Waals surface area contributed by atoms with Crippen molar-refractivity contribution in [3.05, 3.63) is 47.0 Å². The zero-order valence-electron chi connectivity index (χ0n) is 11.0. The van der Waals surface area contributed by atoms with E-state index in [0.29, 0.717) is 34.3 Å². The maximum atomic E-state index is 8.81. The van der Waals surface area contributed by atoms with E-state index < -0.39 is 0 Å². The summed E-state index contributed by atoms with van der Waals surface area (Å²) in [6, 6.07) is 12.5. The van der Waals surface area contributed by atoms with Crippen molar-refractivity contribution in [2.75, 3.05) is 17.7 Å². The van der Waals surface area contributed by atoms with Gasteiger partial charge in [-0.05, 0) is 31.2 Å². The van der Waals surface area contributed by atoms with Crippen LogP contribution in [0.5, 0.6) is 5.75 Å². The van der Waals surface area contributed by atoms with E-state index in [0.717, 1.165) is 5.69 Å². The number of anilines is 3. The molecule has 102 valence electrons. The Bertz CT molecular complexity index is 665. The average Bonchev–Trinajstić information content (AvgIpc) is 2.41. The number of ether oxygens (including phenoxy) is 1. The van der Waals surface area contributed by atoms with Crippen LogP contribution in [0.1, 0.15) is 12.5 Å². The molecule has 0 saturated carbocycles. The highest BCUT2D eigenvalue weighted by atomic mass is 35.5. The molecule has 0 amide bonds. The Morgan fingerprint density at radius 3 is 2.75 bits per heavy atom. The molecule has 20 heavy (non-hydrogen) atoms. The van der Waals surface area contributed by atoms with Crippen molar-refractivity contribution < 1.29 is 4.74 Å². The highest BCUT2D eigenvalue weighted by Gasteiger charge is 2.05. The number of hydrogen-bond donors (Lipinski definition) is 2. The number of nitrogens with one attached hydrogen (secondary N) is 1. The summed E-state index contributed by atoms with van der Waals surface area (Å²) in [5, 5.41) is 12.5. The number of halogens is 1. The Kier molecular flexibility index (Phi) is 4.34. The van der Waals surface area contributed by atoms with Crippen LogP contribution in [0.25, 0.3) is 0 Å².